The van der Waals surface area contributed by atoms with Gasteiger partial charge in [0.05, 0.1) is 13.2 Å². The van der Waals surface area contributed by atoms with Crippen LogP contribution in [-0.2, 0) is 6.54 Å². The predicted molar refractivity (Wildman–Crippen MR) is 120 cm³/mol. The van der Waals surface area contributed by atoms with E-state index in [4.69, 9.17) is 10.5 Å². The van der Waals surface area contributed by atoms with E-state index in [9.17, 15) is 4.79 Å². The number of carbonyl (C=O) groups excluding carboxylic acids is 1. The number of aliphatic imine (C=N–C) groups is 1. The van der Waals surface area contributed by atoms with E-state index in [0.29, 0.717) is 18.1 Å². The van der Waals surface area contributed by atoms with Crippen molar-refractivity contribution in [1.82, 2.24) is 15.5 Å². The average molecular weight is 410 g/mol. The molecule has 3 rings (SSSR count). The summed E-state index contributed by atoms with van der Waals surface area (Å²) in [6.45, 7) is 3.47. The van der Waals surface area contributed by atoms with E-state index in [1.54, 1.807) is 26.3 Å². The van der Waals surface area contributed by atoms with Crippen LogP contribution in [0.1, 0.15) is 40.4 Å². The van der Waals surface area contributed by atoms with E-state index in [1.165, 1.54) is 18.4 Å². The number of benzene rings is 2. The molecule has 4 N–H and O–H groups in total. The second-order valence-corrected chi connectivity index (χ2v) is 7.41. The molecular formula is C23H31N5O2. The van der Waals surface area contributed by atoms with Gasteiger partial charge in [-0.1, -0.05) is 24.3 Å². The Kier molecular flexibility index (Phi) is 7.68. The second-order valence-electron chi connectivity index (χ2n) is 7.41. The number of primary amides is 1. The van der Waals surface area contributed by atoms with E-state index in [-0.39, 0.29) is 6.04 Å². The first-order valence-corrected chi connectivity index (χ1v) is 10.3. The van der Waals surface area contributed by atoms with Gasteiger partial charge >= 0.3 is 0 Å². The van der Waals surface area contributed by atoms with Gasteiger partial charge in [0.15, 0.2) is 5.96 Å². The Morgan fingerprint density at radius 2 is 1.93 bits per heavy atom. The van der Waals surface area contributed by atoms with Gasteiger partial charge in [-0.3, -0.25) is 14.7 Å². The Morgan fingerprint density at radius 3 is 2.63 bits per heavy atom. The Hall–Kier alpha value is -3.06. The summed E-state index contributed by atoms with van der Waals surface area (Å²) in [6, 6.07) is 15.8. The first-order valence-electron chi connectivity index (χ1n) is 10.3. The van der Waals surface area contributed by atoms with Crippen molar-refractivity contribution in [2.75, 3.05) is 33.8 Å². The quantitative estimate of drug-likeness (QED) is 0.460. The third-order valence-corrected chi connectivity index (χ3v) is 5.42. The van der Waals surface area contributed by atoms with Crippen molar-refractivity contribution in [3.63, 3.8) is 0 Å². The molecule has 1 saturated heterocycles. The molecular weight excluding hydrogens is 378 g/mol. The van der Waals surface area contributed by atoms with Gasteiger partial charge in [-0.15, -0.1) is 0 Å². The molecule has 0 spiro atoms. The number of nitrogens with one attached hydrogen (secondary N) is 2. The van der Waals surface area contributed by atoms with E-state index in [2.05, 4.69) is 32.7 Å². The van der Waals surface area contributed by atoms with E-state index >= 15 is 0 Å². The van der Waals surface area contributed by atoms with Crippen LogP contribution in [0.25, 0.3) is 0 Å². The highest BCUT2D eigenvalue weighted by atomic mass is 16.5. The highest BCUT2D eigenvalue weighted by molar-refractivity contribution is 5.92. The number of likely N-dealkylation sites (tertiary alicyclic amines) is 1. The number of nitrogens with zero attached hydrogens (tertiary/aromatic N) is 2. The molecule has 1 heterocycles. The Balaban J connectivity index is 1.64. The van der Waals surface area contributed by atoms with Gasteiger partial charge in [0, 0.05) is 25.7 Å². The molecule has 30 heavy (non-hydrogen) atoms. The van der Waals surface area contributed by atoms with Crippen LogP contribution < -0.4 is 21.1 Å². The van der Waals surface area contributed by atoms with E-state index in [0.717, 1.165) is 30.9 Å². The minimum Gasteiger partial charge on any atom is -0.497 e. The van der Waals surface area contributed by atoms with Crippen molar-refractivity contribution in [1.29, 1.82) is 0 Å². The summed E-state index contributed by atoms with van der Waals surface area (Å²) in [4.78, 5) is 18.2. The van der Waals surface area contributed by atoms with E-state index < -0.39 is 5.91 Å². The fourth-order valence-corrected chi connectivity index (χ4v) is 3.79. The summed E-state index contributed by atoms with van der Waals surface area (Å²) in [5.74, 6) is 1.16. The van der Waals surface area contributed by atoms with Crippen molar-refractivity contribution in [2.45, 2.75) is 25.4 Å². The summed E-state index contributed by atoms with van der Waals surface area (Å²) in [6.07, 6.45) is 2.45. The maximum absolute atomic E-state index is 11.4. The van der Waals surface area contributed by atoms with Crippen LogP contribution in [0.4, 0.5) is 0 Å². The summed E-state index contributed by atoms with van der Waals surface area (Å²) in [5, 5.41) is 6.77. The van der Waals surface area contributed by atoms with Crippen LogP contribution in [0.5, 0.6) is 5.75 Å². The number of ether oxygens (including phenoxy) is 1. The zero-order valence-electron chi connectivity index (χ0n) is 17.7. The average Bonchev–Trinajstić information content (AvgIpc) is 3.31. The summed E-state index contributed by atoms with van der Waals surface area (Å²) in [5.41, 5.74) is 8.08. The fraction of sp³-hybridized carbons (Fsp3) is 0.391. The van der Waals surface area contributed by atoms with Crippen molar-refractivity contribution in [3.8, 4) is 5.75 Å². The second kappa shape index (κ2) is 10.6. The van der Waals surface area contributed by atoms with Crippen LogP contribution in [0.2, 0.25) is 0 Å². The molecule has 7 heteroatoms. The summed E-state index contributed by atoms with van der Waals surface area (Å²) < 4.78 is 5.42. The van der Waals surface area contributed by atoms with Gasteiger partial charge in [0.1, 0.15) is 5.75 Å². The Morgan fingerprint density at radius 1 is 1.17 bits per heavy atom. The smallest absolute Gasteiger partial charge is 0.248 e. The van der Waals surface area contributed by atoms with Crippen molar-refractivity contribution >= 4 is 11.9 Å². The molecule has 1 aliphatic heterocycles. The molecule has 1 atom stereocenters. The maximum Gasteiger partial charge on any atom is 0.248 e. The van der Waals surface area contributed by atoms with Crippen LogP contribution in [0.3, 0.4) is 0 Å². The number of methoxy groups -OCH3 is 1. The molecule has 7 nitrogen and oxygen atoms in total. The number of carbonyl (C=O) groups is 1. The number of guanidine groups is 1. The number of nitrogens with two attached hydrogens (primary N) is 1. The molecule has 0 radical (unpaired) electrons. The third kappa shape index (κ3) is 5.73. The molecule has 1 amide bonds. The Bertz CT molecular complexity index is 877. The minimum absolute atomic E-state index is 0.235. The zero-order chi connectivity index (χ0) is 21.3. The standard InChI is InChI=1S/C23H31N5O2/c1-25-23(26-15-17-7-5-9-19(13-17)22(24)29)27-16-21(28-11-3-4-12-28)18-8-6-10-20(14-18)30-2/h5-10,13-14,21H,3-4,11-12,15-16H2,1-2H3,(H2,24,29)(H2,25,26,27). The first-order chi connectivity index (χ1) is 14.6. The lowest BCUT2D eigenvalue weighted by Crippen LogP contribution is -2.42. The summed E-state index contributed by atoms with van der Waals surface area (Å²) >= 11 is 0. The Labute approximate surface area is 178 Å². The summed E-state index contributed by atoms with van der Waals surface area (Å²) in [7, 11) is 3.45. The van der Waals surface area contributed by atoms with Crippen molar-refractivity contribution in [2.24, 2.45) is 10.7 Å². The van der Waals surface area contributed by atoms with Gasteiger partial charge < -0.3 is 21.1 Å². The molecule has 2 aromatic carbocycles. The largest absolute Gasteiger partial charge is 0.497 e. The van der Waals surface area contributed by atoms with Crippen LogP contribution in [0, 0.1) is 0 Å². The molecule has 0 aromatic heterocycles. The van der Waals surface area contributed by atoms with Gasteiger partial charge in [0.25, 0.3) is 0 Å². The fourth-order valence-electron chi connectivity index (χ4n) is 3.79. The molecule has 0 saturated carbocycles. The van der Waals surface area contributed by atoms with Gasteiger partial charge in [-0.05, 0) is 61.3 Å². The highest BCUT2D eigenvalue weighted by Crippen LogP contribution is 2.27. The molecule has 1 aliphatic rings. The van der Waals surface area contributed by atoms with Crippen LogP contribution >= 0.6 is 0 Å². The molecule has 0 aliphatic carbocycles. The van der Waals surface area contributed by atoms with Gasteiger partial charge in [-0.2, -0.15) is 0 Å². The third-order valence-electron chi connectivity index (χ3n) is 5.42. The van der Waals surface area contributed by atoms with Crippen LogP contribution in [0.15, 0.2) is 53.5 Å². The van der Waals surface area contributed by atoms with E-state index in [1.807, 2.05) is 24.3 Å². The number of amides is 1. The normalized spacial score (nSPS) is 15.6. The molecule has 1 unspecified atom stereocenters. The predicted octanol–water partition coefficient (Wildman–Crippen LogP) is 2.30. The van der Waals surface area contributed by atoms with Crippen molar-refractivity contribution < 1.29 is 9.53 Å². The molecule has 160 valence electrons. The monoisotopic (exact) mass is 409 g/mol. The lowest BCUT2D eigenvalue weighted by Gasteiger charge is -2.29. The van der Waals surface area contributed by atoms with Gasteiger partial charge in [-0.25, -0.2) is 0 Å². The topological polar surface area (TPSA) is 92.0 Å². The van der Waals surface area contributed by atoms with Crippen molar-refractivity contribution in [3.05, 3.63) is 65.2 Å². The number of rotatable bonds is 8. The molecule has 0 bridgehead atoms. The molecule has 2 aromatic rings. The SMILES string of the molecule is CN=C(NCc1cccc(C(N)=O)c1)NCC(c1cccc(OC)c1)N1CCCC1. The first kappa shape index (κ1) is 21.6. The number of hydrogen-bond donors (Lipinski definition) is 3. The van der Waals surface area contributed by atoms with Gasteiger partial charge in [0.2, 0.25) is 5.91 Å². The lowest BCUT2D eigenvalue weighted by molar-refractivity contribution is 0.1000. The maximum atomic E-state index is 11.4. The minimum atomic E-state index is -0.425. The molecule has 1 fully saturated rings. The number of hydrogen-bond acceptors (Lipinski definition) is 4. The zero-order valence-corrected chi connectivity index (χ0v) is 17.7. The lowest BCUT2D eigenvalue weighted by atomic mass is 10.1. The highest BCUT2D eigenvalue weighted by Gasteiger charge is 2.24. The van der Waals surface area contributed by atoms with Crippen LogP contribution in [-0.4, -0.2) is 50.6 Å².